The number of nitrogens with zero attached hydrogens (tertiary/aromatic N) is 2. The van der Waals surface area contributed by atoms with Crippen molar-refractivity contribution in [3.63, 3.8) is 0 Å². The summed E-state index contributed by atoms with van der Waals surface area (Å²) in [4.78, 5) is 15.3. The highest BCUT2D eigenvalue weighted by Crippen LogP contribution is 2.35. The number of aliphatic hydroxyl groups is 2. The summed E-state index contributed by atoms with van der Waals surface area (Å²) < 4.78 is 44.8. The van der Waals surface area contributed by atoms with Crippen molar-refractivity contribution in [3.05, 3.63) is 77.5 Å². The normalized spacial score (nSPS) is 13.1. The molecular weight excluding hydrogens is 427 g/mol. The maximum Gasteiger partial charge on any atom is 0.417 e. The number of halogens is 3. The van der Waals surface area contributed by atoms with Crippen molar-refractivity contribution in [2.45, 2.75) is 18.4 Å². The molecule has 1 heterocycles. The fourth-order valence-corrected chi connectivity index (χ4v) is 2.84. The van der Waals surface area contributed by atoms with Gasteiger partial charge in [-0.25, -0.2) is 4.98 Å². The first kappa shape index (κ1) is 22.7. The van der Waals surface area contributed by atoms with Gasteiger partial charge in [0.05, 0.1) is 28.6 Å². The number of rotatable bonds is 6. The highest BCUT2D eigenvalue weighted by atomic mass is 19.4. The van der Waals surface area contributed by atoms with Crippen LogP contribution in [0.25, 0.3) is 11.3 Å². The Bertz CT molecular complexity index is 1170. The first-order valence-corrected chi connectivity index (χ1v) is 9.12. The lowest BCUT2D eigenvalue weighted by molar-refractivity contribution is -0.138. The van der Waals surface area contributed by atoms with Crippen LogP contribution in [0, 0.1) is 11.3 Å². The van der Waals surface area contributed by atoms with Crippen molar-refractivity contribution in [2.24, 2.45) is 5.73 Å². The number of carbonyl (C=O) groups is 1. The monoisotopic (exact) mass is 443 g/mol. The second kappa shape index (κ2) is 9.05. The zero-order valence-corrected chi connectivity index (χ0v) is 16.2. The fraction of sp³-hybridized carbons (Fsp3) is 0.136. The van der Waals surface area contributed by atoms with Crippen LogP contribution in [0.15, 0.2) is 60.7 Å². The first-order chi connectivity index (χ1) is 15.1. The number of nitrogens with two attached hydrogens (primary N) is 1. The van der Waals surface area contributed by atoms with E-state index in [1.165, 1.54) is 30.3 Å². The molecule has 2 atom stereocenters. The number of pyridine rings is 1. The predicted octanol–water partition coefficient (Wildman–Crippen LogP) is 3.31. The zero-order chi connectivity index (χ0) is 23.5. The number of nitriles is 1. The molecule has 0 aliphatic carbocycles. The molecule has 1 amide bonds. The molecule has 164 valence electrons. The number of primary amides is 1. The Labute approximate surface area is 180 Å². The lowest BCUT2D eigenvalue weighted by Crippen LogP contribution is -2.34. The van der Waals surface area contributed by atoms with Gasteiger partial charge in [0.25, 0.3) is 0 Å². The zero-order valence-electron chi connectivity index (χ0n) is 16.2. The molecule has 0 aliphatic heterocycles. The SMILES string of the molecule is N#Cc1ccc(Oc2ccc(-c3cccc([C@H](O)C(O)C(N)=O)n3)cc2)cc1C(F)(F)F. The summed E-state index contributed by atoms with van der Waals surface area (Å²) in [6.45, 7) is 0. The Morgan fingerprint density at radius 3 is 2.31 bits per heavy atom. The van der Waals surface area contributed by atoms with Crippen molar-refractivity contribution < 1.29 is 32.9 Å². The molecule has 0 saturated heterocycles. The average molecular weight is 443 g/mol. The number of aromatic nitrogens is 1. The van der Waals surface area contributed by atoms with Crippen LogP contribution in [0.2, 0.25) is 0 Å². The first-order valence-electron chi connectivity index (χ1n) is 9.12. The number of carbonyl (C=O) groups excluding carboxylic acids is 1. The fourth-order valence-electron chi connectivity index (χ4n) is 2.84. The third-order valence-corrected chi connectivity index (χ3v) is 4.47. The Hall–Kier alpha value is -3.94. The van der Waals surface area contributed by atoms with Crippen molar-refractivity contribution in [1.29, 1.82) is 5.26 Å². The van der Waals surface area contributed by atoms with Gasteiger partial charge in [-0.1, -0.05) is 6.07 Å². The maximum atomic E-state index is 13.1. The average Bonchev–Trinajstić information content (AvgIpc) is 2.78. The molecule has 4 N–H and O–H groups in total. The van der Waals surface area contributed by atoms with E-state index in [2.05, 4.69) is 4.98 Å². The van der Waals surface area contributed by atoms with Crippen molar-refractivity contribution in [3.8, 4) is 28.8 Å². The molecule has 3 rings (SSSR count). The molecule has 10 heteroatoms. The van der Waals surface area contributed by atoms with Gasteiger partial charge < -0.3 is 20.7 Å². The molecule has 7 nitrogen and oxygen atoms in total. The maximum absolute atomic E-state index is 13.1. The van der Waals surface area contributed by atoms with E-state index in [0.717, 1.165) is 12.1 Å². The Morgan fingerprint density at radius 2 is 1.72 bits per heavy atom. The van der Waals surface area contributed by atoms with Gasteiger partial charge in [0.2, 0.25) is 5.91 Å². The molecule has 3 aromatic rings. The second-order valence-corrected chi connectivity index (χ2v) is 6.68. The van der Waals surface area contributed by atoms with Crippen molar-refractivity contribution in [1.82, 2.24) is 4.98 Å². The molecule has 2 aromatic carbocycles. The van der Waals surface area contributed by atoms with Gasteiger partial charge in [-0.2, -0.15) is 18.4 Å². The number of hydrogen-bond acceptors (Lipinski definition) is 6. The molecule has 0 bridgehead atoms. The summed E-state index contributed by atoms with van der Waals surface area (Å²) in [6, 6.07) is 15.3. The topological polar surface area (TPSA) is 129 Å². The van der Waals surface area contributed by atoms with Gasteiger partial charge in [-0.15, -0.1) is 0 Å². The van der Waals surface area contributed by atoms with Crippen LogP contribution in [0.3, 0.4) is 0 Å². The summed E-state index contributed by atoms with van der Waals surface area (Å²) in [5.74, 6) is -0.942. The number of benzene rings is 2. The molecule has 0 aliphatic rings. The van der Waals surface area contributed by atoms with Crippen LogP contribution in [0.1, 0.15) is 22.9 Å². The Morgan fingerprint density at radius 1 is 1.06 bits per heavy atom. The lowest BCUT2D eigenvalue weighted by atomic mass is 10.1. The van der Waals surface area contributed by atoms with Crippen LogP contribution >= 0.6 is 0 Å². The summed E-state index contributed by atoms with van der Waals surface area (Å²) in [7, 11) is 0. The van der Waals surface area contributed by atoms with Crippen LogP contribution in [-0.2, 0) is 11.0 Å². The minimum absolute atomic E-state index is 0.0337. The largest absolute Gasteiger partial charge is 0.457 e. The lowest BCUT2D eigenvalue weighted by Gasteiger charge is -2.15. The molecule has 1 aromatic heterocycles. The third-order valence-electron chi connectivity index (χ3n) is 4.47. The van der Waals surface area contributed by atoms with Gasteiger partial charge in [-0.05, 0) is 54.6 Å². The smallest absolute Gasteiger partial charge is 0.417 e. The highest BCUT2D eigenvalue weighted by Gasteiger charge is 2.34. The van der Waals surface area contributed by atoms with Gasteiger partial charge in [0.15, 0.2) is 6.10 Å². The minimum Gasteiger partial charge on any atom is -0.457 e. The van der Waals surface area contributed by atoms with Gasteiger partial charge in [-0.3, -0.25) is 4.79 Å². The van der Waals surface area contributed by atoms with Gasteiger partial charge >= 0.3 is 6.18 Å². The Kier molecular flexibility index (Phi) is 6.43. The van der Waals surface area contributed by atoms with E-state index in [9.17, 15) is 28.2 Å². The Balaban J connectivity index is 1.82. The van der Waals surface area contributed by atoms with Crippen LogP contribution in [0.4, 0.5) is 13.2 Å². The number of alkyl halides is 3. The number of amides is 1. The van der Waals surface area contributed by atoms with E-state index in [1.807, 2.05) is 0 Å². The molecule has 1 unspecified atom stereocenters. The van der Waals surface area contributed by atoms with E-state index < -0.39 is 35.4 Å². The second-order valence-electron chi connectivity index (χ2n) is 6.68. The van der Waals surface area contributed by atoms with Crippen LogP contribution in [-0.4, -0.2) is 27.2 Å². The van der Waals surface area contributed by atoms with Crippen LogP contribution < -0.4 is 10.5 Å². The standard InChI is InChI=1S/C22H16F3N3O4/c23-22(24,25)16-10-15(9-6-13(16)11-26)32-14-7-4-12(5-8-14)17-2-1-3-18(28-17)19(29)20(30)21(27)31/h1-10,19-20,29-30H,(H2,27,31)/t19-,20?/m0/s1. The van der Waals surface area contributed by atoms with E-state index in [0.29, 0.717) is 11.3 Å². The van der Waals surface area contributed by atoms with Gasteiger partial charge in [0, 0.05) is 5.56 Å². The van der Waals surface area contributed by atoms with E-state index in [-0.39, 0.29) is 17.2 Å². The van der Waals surface area contributed by atoms with Crippen LogP contribution in [0.5, 0.6) is 11.5 Å². The number of aliphatic hydroxyl groups excluding tert-OH is 2. The molecule has 0 fully saturated rings. The number of ether oxygens (including phenoxy) is 1. The molecular formula is C22H16F3N3O4. The molecule has 0 spiro atoms. The van der Waals surface area contributed by atoms with E-state index >= 15 is 0 Å². The van der Waals surface area contributed by atoms with Gasteiger partial charge in [0.1, 0.15) is 17.6 Å². The predicted molar refractivity (Wildman–Crippen MR) is 106 cm³/mol. The minimum atomic E-state index is -4.70. The van der Waals surface area contributed by atoms with E-state index in [1.54, 1.807) is 24.3 Å². The summed E-state index contributed by atoms with van der Waals surface area (Å²) in [5, 5.41) is 28.5. The third kappa shape index (κ3) is 5.03. The molecule has 0 saturated carbocycles. The quantitative estimate of drug-likeness (QED) is 0.536. The number of hydrogen-bond donors (Lipinski definition) is 3. The van der Waals surface area contributed by atoms with E-state index in [4.69, 9.17) is 15.7 Å². The summed E-state index contributed by atoms with van der Waals surface area (Å²) >= 11 is 0. The molecule has 0 radical (unpaired) electrons. The summed E-state index contributed by atoms with van der Waals surface area (Å²) in [5.41, 5.74) is 4.41. The van der Waals surface area contributed by atoms with Crippen molar-refractivity contribution in [2.75, 3.05) is 0 Å². The van der Waals surface area contributed by atoms with Crippen molar-refractivity contribution >= 4 is 5.91 Å². The summed E-state index contributed by atoms with van der Waals surface area (Å²) in [6.07, 6.45) is -8.12. The molecule has 32 heavy (non-hydrogen) atoms. The highest BCUT2D eigenvalue weighted by molar-refractivity contribution is 5.79.